The summed E-state index contributed by atoms with van der Waals surface area (Å²) in [5, 5.41) is 3.57. The van der Waals surface area contributed by atoms with Crippen LogP contribution in [0.25, 0.3) is 0 Å². The molecule has 118 valence electrons. The highest BCUT2D eigenvalue weighted by molar-refractivity contribution is 7.19. The van der Waals surface area contributed by atoms with E-state index in [0.717, 1.165) is 17.8 Å². The number of nitrogens with two attached hydrogens (primary N) is 2. The van der Waals surface area contributed by atoms with E-state index in [0.29, 0.717) is 24.8 Å². The molecule has 0 bridgehead atoms. The number of carbonyl (C=O) groups is 2. The zero-order valence-corrected chi connectivity index (χ0v) is 13.0. The number of thiophene rings is 1. The molecule has 0 aliphatic heterocycles. The topological polar surface area (TPSA) is 117 Å². The minimum absolute atomic E-state index is 0.0678. The van der Waals surface area contributed by atoms with Crippen molar-refractivity contribution in [3.63, 3.8) is 0 Å². The summed E-state index contributed by atoms with van der Waals surface area (Å²) in [6.07, 6.45) is 0.764. The van der Waals surface area contributed by atoms with Crippen LogP contribution in [0.15, 0.2) is 0 Å². The molecule has 0 atom stereocenters. The maximum Gasteiger partial charge on any atom is 0.343 e. The van der Waals surface area contributed by atoms with Gasteiger partial charge >= 0.3 is 5.97 Å². The van der Waals surface area contributed by atoms with Gasteiger partial charge in [-0.3, -0.25) is 4.79 Å². The van der Waals surface area contributed by atoms with Gasteiger partial charge in [0.2, 0.25) is 0 Å². The van der Waals surface area contributed by atoms with Crippen molar-refractivity contribution in [2.24, 2.45) is 5.73 Å². The molecular weight excluding hydrogens is 294 g/mol. The molecule has 0 fully saturated rings. The van der Waals surface area contributed by atoms with Gasteiger partial charge in [0.25, 0.3) is 5.91 Å². The molecule has 1 aromatic heterocycles. The van der Waals surface area contributed by atoms with Crippen LogP contribution in [0.3, 0.4) is 0 Å². The summed E-state index contributed by atoms with van der Waals surface area (Å²) in [6, 6.07) is 0. The Kier molecular flexibility index (Phi) is 6.97. The van der Waals surface area contributed by atoms with E-state index < -0.39 is 11.9 Å². The Hall–Kier alpha value is -1.80. The van der Waals surface area contributed by atoms with Crippen molar-refractivity contribution in [3.8, 4) is 0 Å². The largest absolute Gasteiger partial charge is 0.462 e. The van der Waals surface area contributed by atoms with Crippen LogP contribution in [0.5, 0.6) is 0 Å². The van der Waals surface area contributed by atoms with Crippen LogP contribution in [0, 0.1) is 0 Å². The lowest BCUT2D eigenvalue weighted by Crippen LogP contribution is -2.13. The van der Waals surface area contributed by atoms with Gasteiger partial charge in [-0.05, 0) is 20.3 Å². The minimum Gasteiger partial charge on any atom is -0.462 e. The third-order valence-electron chi connectivity index (χ3n) is 2.60. The number of carbonyl (C=O) groups excluding carboxylic acids is 2. The van der Waals surface area contributed by atoms with Crippen LogP contribution in [-0.2, 0) is 9.47 Å². The number of hydrogen-bond acceptors (Lipinski definition) is 7. The highest BCUT2D eigenvalue weighted by Gasteiger charge is 2.25. The molecule has 0 aliphatic carbocycles. The predicted octanol–water partition coefficient (Wildman–Crippen LogP) is 1.44. The molecule has 1 rings (SSSR count). The Morgan fingerprint density at radius 3 is 2.57 bits per heavy atom. The van der Waals surface area contributed by atoms with E-state index in [1.54, 1.807) is 6.92 Å². The van der Waals surface area contributed by atoms with E-state index in [2.05, 4.69) is 5.32 Å². The number of nitrogen functional groups attached to an aromatic ring is 1. The van der Waals surface area contributed by atoms with E-state index in [-0.39, 0.29) is 22.7 Å². The average molecular weight is 315 g/mol. The Labute approximate surface area is 127 Å². The van der Waals surface area contributed by atoms with Crippen molar-refractivity contribution in [3.05, 3.63) is 10.4 Å². The van der Waals surface area contributed by atoms with Crippen LogP contribution in [-0.4, -0.2) is 38.2 Å². The second kappa shape index (κ2) is 8.48. The standard InChI is InChI=1S/C13H21N3O4S/c1-3-19-7-5-6-16-12-8(13(18)20-4-2)9(14)10(21-12)11(15)17/h16H,3-7,14H2,1-2H3,(H2,15,17). The Morgan fingerprint density at radius 1 is 1.29 bits per heavy atom. The molecule has 1 heterocycles. The molecule has 1 aromatic rings. The van der Waals surface area contributed by atoms with Gasteiger partial charge in [-0.1, -0.05) is 0 Å². The predicted molar refractivity (Wildman–Crippen MR) is 82.8 cm³/mol. The Morgan fingerprint density at radius 2 is 2.00 bits per heavy atom. The molecule has 0 saturated heterocycles. The molecule has 0 saturated carbocycles. The van der Waals surface area contributed by atoms with Crippen molar-refractivity contribution in [1.29, 1.82) is 0 Å². The van der Waals surface area contributed by atoms with Crippen molar-refractivity contribution in [1.82, 2.24) is 0 Å². The Bertz CT molecular complexity index is 502. The smallest absolute Gasteiger partial charge is 0.343 e. The van der Waals surface area contributed by atoms with Gasteiger partial charge in [-0.2, -0.15) is 0 Å². The van der Waals surface area contributed by atoms with E-state index in [1.807, 2.05) is 6.92 Å². The molecule has 5 N–H and O–H groups in total. The molecule has 8 heteroatoms. The van der Waals surface area contributed by atoms with Crippen LogP contribution in [0.4, 0.5) is 10.7 Å². The van der Waals surface area contributed by atoms with E-state index in [1.165, 1.54) is 0 Å². The zero-order chi connectivity index (χ0) is 15.8. The molecule has 7 nitrogen and oxygen atoms in total. The fourth-order valence-electron chi connectivity index (χ4n) is 1.68. The number of rotatable bonds is 9. The van der Waals surface area contributed by atoms with Gasteiger partial charge in [0.15, 0.2) is 0 Å². The third-order valence-corrected chi connectivity index (χ3v) is 3.78. The number of primary amides is 1. The number of hydrogen-bond donors (Lipinski definition) is 3. The van der Waals surface area contributed by atoms with Gasteiger partial charge in [0, 0.05) is 19.8 Å². The highest BCUT2D eigenvalue weighted by Crippen LogP contribution is 2.36. The third kappa shape index (κ3) is 4.61. The fraction of sp³-hybridized carbons (Fsp3) is 0.538. The van der Waals surface area contributed by atoms with Crippen molar-refractivity contribution in [2.75, 3.05) is 37.4 Å². The molecule has 0 radical (unpaired) electrons. The molecule has 0 aromatic carbocycles. The lowest BCUT2D eigenvalue weighted by Gasteiger charge is -2.07. The summed E-state index contributed by atoms with van der Waals surface area (Å²) >= 11 is 1.06. The van der Waals surface area contributed by atoms with Gasteiger partial charge in [0.05, 0.1) is 12.3 Å². The second-order valence-corrected chi connectivity index (χ2v) is 5.13. The van der Waals surface area contributed by atoms with Gasteiger partial charge in [-0.25, -0.2) is 4.79 Å². The molecule has 1 amide bonds. The summed E-state index contributed by atoms with van der Waals surface area (Å²) in [6.45, 7) is 5.71. The first-order valence-corrected chi connectivity index (χ1v) is 7.55. The maximum absolute atomic E-state index is 11.9. The number of ether oxygens (including phenoxy) is 2. The summed E-state index contributed by atoms with van der Waals surface area (Å²) in [4.78, 5) is 23.4. The second-order valence-electron chi connectivity index (χ2n) is 4.11. The van der Waals surface area contributed by atoms with Gasteiger partial charge in [0.1, 0.15) is 15.4 Å². The summed E-state index contributed by atoms with van der Waals surface area (Å²) in [5.74, 6) is -1.23. The van der Waals surface area contributed by atoms with E-state index in [9.17, 15) is 9.59 Å². The minimum atomic E-state index is -0.662. The normalized spacial score (nSPS) is 10.4. The van der Waals surface area contributed by atoms with Crippen LogP contribution < -0.4 is 16.8 Å². The number of esters is 1. The van der Waals surface area contributed by atoms with Gasteiger partial charge < -0.3 is 26.3 Å². The van der Waals surface area contributed by atoms with E-state index in [4.69, 9.17) is 20.9 Å². The lowest BCUT2D eigenvalue weighted by molar-refractivity contribution is 0.0529. The van der Waals surface area contributed by atoms with Crippen molar-refractivity contribution in [2.45, 2.75) is 20.3 Å². The molecule has 0 spiro atoms. The van der Waals surface area contributed by atoms with Gasteiger partial charge in [-0.15, -0.1) is 11.3 Å². The van der Waals surface area contributed by atoms with Crippen molar-refractivity contribution < 1.29 is 19.1 Å². The average Bonchev–Trinajstić information content (AvgIpc) is 2.76. The maximum atomic E-state index is 11.9. The first kappa shape index (κ1) is 17.3. The first-order chi connectivity index (χ1) is 10.0. The zero-order valence-electron chi connectivity index (χ0n) is 12.2. The first-order valence-electron chi connectivity index (χ1n) is 6.73. The number of nitrogens with one attached hydrogen (secondary N) is 1. The number of amides is 1. The SMILES string of the molecule is CCOCCCNc1sc(C(N)=O)c(N)c1C(=O)OCC. The lowest BCUT2D eigenvalue weighted by atomic mass is 10.2. The van der Waals surface area contributed by atoms with Crippen LogP contribution >= 0.6 is 11.3 Å². The quantitative estimate of drug-likeness (QED) is 0.469. The van der Waals surface area contributed by atoms with Crippen molar-refractivity contribution >= 4 is 33.9 Å². The summed E-state index contributed by atoms with van der Waals surface area (Å²) in [7, 11) is 0. The molecule has 0 aliphatic rings. The summed E-state index contributed by atoms with van der Waals surface area (Å²) in [5.41, 5.74) is 11.3. The van der Waals surface area contributed by atoms with Crippen LogP contribution in [0.2, 0.25) is 0 Å². The van der Waals surface area contributed by atoms with Crippen LogP contribution in [0.1, 0.15) is 40.3 Å². The number of anilines is 2. The molecular formula is C13H21N3O4S. The Balaban J connectivity index is 2.87. The monoisotopic (exact) mass is 315 g/mol. The molecule has 21 heavy (non-hydrogen) atoms. The summed E-state index contributed by atoms with van der Waals surface area (Å²) < 4.78 is 10.2. The molecule has 0 unspecified atom stereocenters. The highest BCUT2D eigenvalue weighted by atomic mass is 32.1. The van der Waals surface area contributed by atoms with E-state index >= 15 is 0 Å². The fourth-order valence-corrected chi connectivity index (χ4v) is 2.66.